The molecule has 3 rings (SSSR count). The van der Waals surface area contributed by atoms with Crippen LogP contribution in [0.3, 0.4) is 0 Å². The zero-order chi connectivity index (χ0) is 20.1. The van der Waals surface area contributed by atoms with E-state index in [-0.39, 0.29) is 11.4 Å². The largest absolute Gasteiger partial charge is 0.497 e. The quantitative estimate of drug-likeness (QED) is 0.671. The molecule has 0 saturated heterocycles. The first kappa shape index (κ1) is 19.0. The van der Waals surface area contributed by atoms with Crippen molar-refractivity contribution in [1.29, 1.82) is 0 Å². The molecule has 1 amide bonds. The van der Waals surface area contributed by atoms with Gasteiger partial charge in [-0.2, -0.15) is 0 Å². The Balaban J connectivity index is 1.74. The highest BCUT2D eigenvalue weighted by molar-refractivity contribution is 6.02. The van der Waals surface area contributed by atoms with Crippen LogP contribution in [0.5, 0.6) is 11.5 Å². The maximum absolute atomic E-state index is 13.6. The molecule has 0 saturated carbocycles. The van der Waals surface area contributed by atoms with Crippen LogP contribution in [0.4, 0.5) is 26.0 Å². The molecule has 28 heavy (non-hydrogen) atoms. The van der Waals surface area contributed by atoms with Crippen molar-refractivity contribution in [1.82, 2.24) is 10.2 Å². The zero-order valence-electron chi connectivity index (χ0n) is 15.0. The molecule has 0 aliphatic rings. The molecule has 0 radical (unpaired) electrons. The third-order valence-corrected chi connectivity index (χ3v) is 3.75. The second kappa shape index (κ2) is 8.30. The number of carbonyl (C=O) groups excluding carboxylic acids is 1. The van der Waals surface area contributed by atoms with Crippen LogP contribution in [-0.4, -0.2) is 30.3 Å². The van der Waals surface area contributed by atoms with Crippen molar-refractivity contribution in [2.24, 2.45) is 0 Å². The molecule has 9 heteroatoms. The molecule has 0 fully saturated rings. The van der Waals surface area contributed by atoms with Gasteiger partial charge >= 0.3 is 0 Å². The van der Waals surface area contributed by atoms with Gasteiger partial charge in [-0.1, -0.05) is 0 Å². The smallest absolute Gasteiger partial charge is 0.276 e. The van der Waals surface area contributed by atoms with Gasteiger partial charge in [0.15, 0.2) is 11.5 Å². The monoisotopic (exact) mass is 386 g/mol. The number of nitrogens with one attached hydrogen (secondary N) is 2. The zero-order valence-corrected chi connectivity index (χ0v) is 15.0. The van der Waals surface area contributed by atoms with Crippen molar-refractivity contribution in [3.8, 4) is 11.5 Å². The molecule has 0 spiro atoms. The predicted octanol–water partition coefficient (Wildman–Crippen LogP) is 3.77. The van der Waals surface area contributed by atoms with Gasteiger partial charge in [-0.25, -0.2) is 8.78 Å². The molecule has 0 bridgehead atoms. The summed E-state index contributed by atoms with van der Waals surface area (Å²) in [7, 11) is 3.07. The molecule has 3 aromatic rings. The van der Waals surface area contributed by atoms with Crippen molar-refractivity contribution >= 4 is 23.1 Å². The number of hydrogen-bond donors (Lipinski definition) is 2. The Morgan fingerprint density at radius 1 is 0.929 bits per heavy atom. The third-order valence-electron chi connectivity index (χ3n) is 3.75. The molecule has 0 aliphatic carbocycles. The molecule has 2 N–H and O–H groups in total. The van der Waals surface area contributed by atoms with Gasteiger partial charge in [0.05, 0.1) is 25.6 Å². The Labute approximate surface area is 159 Å². The Kier molecular flexibility index (Phi) is 5.64. The van der Waals surface area contributed by atoms with Gasteiger partial charge in [0.25, 0.3) is 5.91 Å². The van der Waals surface area contributed by atoms with Gasteiger partial charge in [-0.05, 0) is 36.4 Å². The summed E-state index contributed by atoms with van der Waals surface area (Å²) in [6.45, 7) is 0. The van der Waals surface area contributed by atoms with Gasteiger partial charge in [0.2, 0.25) is 0 Å². The van der Waals surface area contributed by atoms with Crippen LogP contribution in [0.25, 0.3) is 0 Å². The Hall–Kier alpha value is -3.75. The van der Waals surface area contributed by atoms with E-state index in [1.807, 2.05) is 0 Å². The highest BCUT2D eigenvalue weighted by Crippen LogP contribution is 2.30. The van der Waals surface area contributed by atoms with E-state index in [1.165, 1.54) is 19.2 Å². The lowest BCUT2D eigenvalue weighted by Crippen LogP contribution is -2.15. The fourth-order valence-electron chi connectivity index (χ4n) is 2.35. The summed E-state index contributed by atoms with van der Waals surface area (Å²) in [4.78, 5) is 12.2. The van der Waals surface area contributed by atoms with E-state index >= 15 is 0 Å². The van der Waals surface area contributed by atoms with Gasteiger partial charge in [-0.15, -0.1) is 10.2 Å². The summed E-state index contributed by atoms with van der Waals surface area (Å²) < 4.78 is 37.0. The lowest BCUT2D eigenvalue weighted by molar-refractivity contribution is 0.102. The van der Waals surface area contributed by atoms with Crippen LogP contribution in [-0.2, 0) is 0 Å². The second-order valence-electron chi connectivity index (χ2n) is 5.57. The van der Waals surface area contributed by atoms with Gasteiger partial charge < -0.3 is 20.1 Å². The molecule has 7 nitrogen and oxygen atoms in total. The third kappa shape index (κ3) is 4.32. The average Bonchev–Trinajstić information content (AvgIpc) is 2.70. The number of halogens is 2. The maximum atomic E-state index is 13.6. The first-order chi connectivity index (χ1) is 13.5. The highest BCUT2D eigenvalue weighted by Gasteiger charge is 2.13. The number of methoxy groups -OCH3 is 2. The predicted molar refractivity (Wildman–Crippen MR) is 99.2 cm³/mol. The van der Waals surface area contributed by atoms with E-state index in [1.54, 1.807) is 25.3 Å². The Bertz CT molecular complexity index is 997. The van der Waals surface area contributed by atoms with Gasteiger partial charge in [0.1, 0.15) is 23.1 Å². The number of benzene rings is 2. The van der Waals surface area contributed by atoms with Crippen LogP contribution < -0.4 is 20.1 Å². The normalized spacial score (nSPS) is 10.3. The summed E-state index contributed by atoms with van der Waals surface area (Å²) in [5.74, 6) is -0.757. The first-order valence-electron chi connectivity index (χ1n) is 8.09. The standard InChI is InChI=1S/C19H16F2N4O3/c1-27-12-4-7-17(28-2)16(10-12)22-18-8-6-15(24-25-18)19(26)23-14-5-3-11(20)9-13(14)21/h3-10H,1-2H3,(H,22,25)(H,23,26). The van der Waals surface area contributed by atoms with Crippen LogP contribution in [0.15, 0.2) is 48.5 Å². The van der Waals surface area contributed by atoms with E-state index in [4.69, 9.17) is 9.47 Å². The van der Waals surface area contributed by atoms with E-state index in [2.05, 4.69) is 20.8 Å². The van der Waals surface area contributed by atoms with Crippen LogP contribution >= 0.6 is 0 Å². The van der Waals surface area contributed by atoms with Gasteiger partial charge in [0, 0.05) is 12.1 Å². The lowest BCUT2D eigenvalue weighted by Gasteiger charge is -2.12. The minimum Gasteiger partial charge on any atom is -0.497 e. The summed E-state index contributed by atoms with van der Waals surface area (Å²) in [6, 6.07) is 11.0. The molecular formula is C19H16F2N4O3. The number of amides is 1. The molecule has 0 atom stereocenters. The van der Waals surface area contributed by atoms with Crippen molar-refractivity contribution in [2.75, 3.05) is 24.9 Å². The second-order valence-corrected chi connectivity index (χ2v) is 5.57. The first-order valence-corrected chi connectivity index (χ1v) is 8.09. The molecule has 0 unspecified atom stereocenters. The lowest BCUT2D eigenvalue weighted by atomic mass is 10.2. The Morgan fingerprint density at radius 3 is 2.39 bits per heavy atom. The number of nitrogens with zero attached hydrogens (tertiary/aromatic N) is 2. The SMILES string of the molecule is COc1ccc(OC)c(Nc2ccc(C(=O)Nc3ccc(F)cc3F)nn2)c1. The maximum Gasteiger partial charge on any atom is 0.276 e. The Morgan fingerprint density at radius 2 is 1.75 bits per heavy atom. The fourth-order valence-corrected chi connectivity index (χ4v) is 2.35. The molecule has 0 aliphatic heterocycles. The number of rotatable bonds is 6. The van der Waals surface area contributed by atoms with Crippen molar-refractivity contribution in [3.05, 3.63) is 65.9 Å². The minimum atomic E-state index is -0.885. The molecular weight excluding hydrogens is 370 g/mol. The van der Waals surface area contributed by atoms with E-state index in [0.29, 0.717) is 29.1 Å². The van der Waals surface area contributed by atoms with Crippen LogP contribution in [0.2, 0.25) is 0 Å². The van der Waals surface area contributed by atoms with Crippen LogP contribution in [0.1, 0.15) is 10.5 Å². The summed E-state index contributed by atoms with van der Waals surface area (Å²) >= 11 is 0. The van der Waals surface area contributed by atoms with Crippen LogP contribution in [0, 0.1) is 11.6 Å². The summed E-state index contributed by atoms with van der Waals surface area (Å²) in [5.41, 5.74) is 0.408. The average molecular weight is 386 g/mol. The van der Waals surface area contributed by atoms with Crippen molar-refractivity contribution in [3.63, 3.8) is 0 Å². The molecule has 1 aromatic heterocycles. The number of hydrogen-bond acceptors (Lipinski definition) is 6. The van der Waals surface area contributed by atoms with Crippen molar-refractivity contribution in [2.45, 2.75) is 0 Å². The van der Waals surface area contributed by atoms with Gasteiger partial charge in [-0.3, -0.25) is 4.79 Å². The fraction of sp³-hybridized carbons (Fsp3) is 0.105. The highest BCUT2D eigenvalue weighted by atomic mass is 19.1. The van der Waals surface area contributed by atoms with E-state index in [0.717, 1.165) is 12.1 Å². The minimum absolute atomic E-state index is 0.0353. The molecule has 2 aromatic carbocycles. The van der Waals surface area contributed by atoms with Crippen molar-refractivity contribution < 1.29 is 23.0 Å². The molecule has 144 valence electrons. The number of ether oxygens (including phenoxy) is 2. The topological polar surface area (TPSA) is 85.4 Å². The number of anilines is 3. The van der Waals surface area contributed by atoms with E-state index < -0.39 is 17.5 Å². The summed E-state index contributed by atoms with van der Waals surface area (Å²) in [6.07, 6.45) is 0. The molecule has 1 heterocycles. The number of aromatic nitrogens is 2. The summed E-state index contributed by atoms with van der Waals surface area (Å²) in [5, 5.41) is 13.1. The van der Waals surface area contributed by atoms with E-state index in [9.17, 15) is 13.6 Å². The number of carbonyl (C=O) groups is 1.